The van der Waals surface area contributed by atoms with Gasteiger partial charge in [-0.3, -0.25) is 23.9 Å². The molecule has 2 aromatic carbocycles. The average molecular weight is 712 g/mol. The van der Waals surface area contributed by atoms with E-state index < -0.39 is 34.2 Å². The van der Waals surface area contributed by atoms with Crippen LogP contribution in [0.1, 0.15) is 54.4 Å². The van der Waals surface area contributed by atoms with Crippen LogP contribution in [-0.4, -0.2) is 47.8 Å². The highest BCUT2D eigenvalue weighted by Gasteiger charge is 2.57. The molecule has 2 aliphatic carbocycles. The quantitative estimate of drug-likeness (QED) is 0.182. The van der Waals surface area contributed by atoms with E-state index in [1.807, 2.05) is 42.5 Å². The molecule has 0 bridgehead atoms. The Morgan fingerprint density at radius 1 is 0.900 bits per heavy atom. The number of nitrogens with one attached hydrogen (secondary N) is 2. The van der Waals surface area contributed by atoms with E-state index in [1.165, 1.54) is 29.6 Å². The molecule has 0 radical (unpaired) electrons. The van der Waals surface area contributed by atoms with E-state index in [-0.39, 0.29) is 39.7 Å². The molecule has 0 saturated heterocycles. The van der Waals surface area contributed by atoms with Gasteiger partial charge in [0.25, 0.3) is 11.8 Å². The lowest BCUT2D eigenvalue weighted by atomic mass is 9.90. The van der Waals surface area contributed by atoms with Gasteiger partial charge in [0, 0.05) is 30.6 Å². The lowest BCUT2D eigenvalue weighted by molar-refractivity contribution is -0.125. The van der Waals surface area contributed by atoms with Crippen molar-refractivity contribution in [3.8, 4) is 11.1 Å². The number of nitrogens with zero attached hydrogens (tertiary/aromatic N) is 6. The van der Waals surface area contributed by atoms with Crippen molar-refractivity contribution in [2.75, 3.05) is 4.90 Å². The summed E-state index contributed by atoms with van der Waals surface area (Å²) in [7, 11) is 0. The second-order valence-electron chi connectivity index (χ2n) is 13.2. The van der Waals surface area contributed by atoms with E-state index in [1.54, 1.807) is 30.1 Å². The first-order valence-corrected chi connectivity index (χ1v) is 16.8. The van der Waals surface area contributed by atoms with Gasteiger partial charge in [-0.2, -0.15) is 0 Å². The maximum Gasteiger partial charge on any atom is 0.270 e. The van der Waals surface area contributed by atoms with Gasteiger partial charge in [0.2, 0.25) is 11.9 Å². The minimum absolute atomic E-state index is 0.0839. The lowest BCUT2D eigenvalue weighted by Crippen LogP contribution is -2.52. The Kier molecular flexibility index (Phi) is 7.50. The highest BCUT2D eigenvalue weighted by molar-refractivity contribution is 6.35. The molecule has 2 saturated carbocycles. The van der Waals surface area contributed by atoms with Gasteiger partial charge in [-0.05, 0) is 68.0 Å². The van der Waals surface area contributed by atoms with Crippen LogP contribution in [0.2, 0.25) is 10.0 Å². The van der Waals surface area contributed by atoms with Crippen molar-refractivity contribution in [1.29, 1.82) is 0 Å². The Hall–Kier alpha value is -5.20. The Morgan fingerprint density at radius 3 is 2.22 bits per heavy atom. The predicted octanol–water partition coefficient (Wildman–Crippen LogP) is 5.89. The molecule has 2 N–H and O–H groups in total. The van der Waals surface area contributed by atoms with Gasteiger partial charge in [0.1, 0.15) is 23.1 Å². The Morgan fingerprint density at radius 2 is 1.60 bits per heavy atom. The van der Waals surface area contributed by atoms with Crippen LogP contribution in [0.3, 0.4) is 0 Å². The first kappa shape index (κ1) is 32.0. The van der Waals surface area contributed by atoms with Crippen LogP contribution < -0.4 is 15.5 Å². The van der Waals surface area contributed by atoms with Crippen molar-refractivity contribution < 1.29 is 18.8 Å². The molecule has 11 nitrogen and oxygen atoms in total. The van der Waals surface area contributed by atoms with Gasteiger partial charge in [0.15, 0.2) is 5.82 Å². The number of carbonyl (C=O) groups is 3. The highest BCUT2D eigenvalue weighted by Crippen LogP contribution is 2.47. The smallest absolute Gasteiger partial charge is 0.270 e. The van der Waals surface area contributed by atoms with Crippen LogP contribution in [0.5, 0.6) is 0 Å². The summed E-state index contributed by atoms with van der Waals surface area (Å²) >= 11 is 12.3. The van der Waals surface area contributed by atoms with Gasteiger partial charge >= 0.3 is 0 Å². The van der Waals surface area contributed by atoms with E-state index in [0.717, 1.165) is 35.2 Å². The molecule has 3 aromatic heterocycles. The molecule has 0 unspecified atom stereocenters. The molecule has 14 heteroatoms. The zero-order valence-corrected chi connectivity index (χ0v) is 28.2. The molecular weight excluding hydrogens is 682 g/mol. The Bertz CT molecular complexity index is 2150. The van der Waals surface area contributed by atoms with Crippen molar-refractivity contribution >= 4 is 52.6 Å². The summed E-state index contributed by atoms with van der Waals surface area (Å²) in [5.41, 5.74) is 0.538. The number of hydrogen-bond acceptors (Lipinski definition) is 7. The van der Waals surface area contributed by atoms with Crippen LogP contribution in [0.15, 0.2) is 85.7 Å². The number of carbonyl (C=O) groups excluding carboxylic acids is 3. The van der Waals surface area contributed by atoms with Gasteiger partial charge in [-0.15, -0.1) is 0 Å². The molecule has 8 rings (SSSR count). The number of halogens is 3. The number of pyridine rings is 1. The zero-order valence-electron chi connectivity index (χ0n) is 26.7. The summed E-state index contributed by atoms with van der Waals surface area (Å²) in [6.07, 6.45) is 10.5. The maximum atomic E-state index is 14.5. The van der Waals surface area contributed by atoms with Gasteiger partial charge in [0.05, 0.1) is 33.2 Å². The number of amides is 3. The predicted molar refractivity (Wildman–Crippen MR) is 183 cm³/mol. The molecule has 3 amide bonds. The summed E-state index contributed by atoms with van der Waals surface area (Å²) in [6, 6.07) is 15.8. The fourth-order valence-corrected chi connectivity index (χ4v) is 7.14. The molecule has 4 heterocycles. The fraction of sp³-hybridized carbons (Fsp3) is 0.250. The van der Waals surface area contributed by atoms with E-state index in [0.29, 0.717) is 12.8 Å². The van der Waals surface area contributed by atoms with Gasteiger partial charge in [-0.25, -0.2) is 24.2 Å². The molecule has 252 valence electrons. The summed E-state index contributed by atoms with van der Waals surface area (Å²) in [5, 5.41) is 5.55. The van der Waals surface area contributed by atoms with E-state index in [9.17, 15) is 18.8 Å². The third-order valence-electron chi connectivity index (χ3n) is 9.75. The van der Waals surface area contributed by atoms with E-state index in [2.05, 4.69) is 30.6 Å². The average Bonchev–Trinajstić information content (AvgIpc) is 4.03. The zero-order chi connectivity index (χ0) is 34.8. The number of anilines is 2. The number of rotatable bonds is 9. The molecule has 1 aliphatic heterocycles. The Balaban J connectivity index is 1.13. The number of fused-ring (bicyclic) bond motifs is 1. The van der Waals surface area contributed by atoms with Crippen molar-refractivity contribution in [1.82, 2.24) is 35.1 Å². The second-order valence-corrected chi connectivity index (χ2v) is 14.0. The first-order chi connectivity index (χ1) is 24.0. The highest BCUT2D eigenvalue weighted by atomic mass is 35.5. The topological polar surface area (TPSA) is 135 Å². The molecule has 3 aliphatic rings. The molecular formula is C36H29Cl2FN8O3. The minimum Gasteiger partial charge on any atom is -0.343 e. The van der Waals surface area contributed by atoms with Crippen molar-refractivity contribution in [2.24, 2.45) is 0 Å². The lowest BCUT2D eigenvalue weighted by Gasteiger charge is -2.27. The normalized spacial score (nSPS) is 19.5. The van der Waals surface area contributed by atoms with E-state index in [4.69, 9.17) is 23.2 Å². The molecule has 0 spiro atoms. The Labute approximate surface area is 295 Å². The minimum atomic E-state index is -1.38. The summed E-state index contributed by atoms with van der Waals surface area (Å²) in [6.45, 7) is 1.71. The molecule has 50 heavy (non-hydrogen) atoms. The standard InChI is InChI=1S/C36H29Cl2FN8O3/c1-34(16-21-5-7-22(8-6-21)23-17-40-20-41-18-23)32(50)46(24-14-25(37)29(39)26(38)15-24)33-43-19-27(47(33)34)30(48)44-36(11-12-36)31(49)45-35(9-10-35)28-4-2-3-13-42-28/h2-8,13-15,17-20H,9-12,16H2,1H3,(H,44,48)(H,45,49)/t34-/m1/s1. The largest absolute Gasteiger partial charge is 0.343 e. The van der Waals surface area contributed by atoms with Crippen molar-refractivity contribution in [2.45, 2.75) is 55.6 Å². The third-order valence-corrected chi connectivity index (χ3v) is 10.3. The number of imidazole rings is 1. The number of hydrogen-bond donors (Lipinski definition) is 2. The maximum absolute atomic E-state index is 14.5. The van der Waals surface area contributed by atoms with Crippen LogP contribution >= 0.6 is 23.2 Å². The number of aromatic nitrogens is 5. The number of benzene rings is 2. The SMILES string of the molecule is C[C@@]1(Cc2ccc(-c3cncnc3)cc2)C(=O)N(c2cc(Cl)c(F)c(Cl)c2)c2ncc(C(=O)NC3(C(=O)NC4(c5ccccn5)CC4)CC3)n21. The fourth-order valence-electron chi connectivity index (χ4n) is 6.66. The monoisotopic (exact) mass is 710 g/mol. The molecule has 5 aromatic rings. The molecule has 1 atom stereocenters. The van der Waals surface area contributed by atoms with Crippen LogP contribution in [0, 0.1) is 5.82 Å². The van der Waals surface area contributed by atoms with E-state index >= 15 is 0 Å². The summed E-state index contributed by atoms with van der Waals surface area (Å²) in [5.74, 6) is -1.97. The van der Waals surface area contributed by atoms with Gasteiger partial charge < -0.3 is 10.6 Å². The first-order valence-electron chi connectivity index (χ1n) is 16.0. The van der Waals surface area contributed by atoms with Crippen LogP contribution in [-0.2, 0) is 27.1 Å². The molecule has 2 fully saturated rings. The van der Waals surface area contributed by atoms with Gasteiger partial charge in [-0.1, -0.05) is 53.5 Å². The van der Waals surface area contributed by atoms with Crippen LogP contribution in [0.4, 0.5) is 16.0 Å². The van der Waals surface area contributed by atoms with Crippen LogP contribution in [0.25, 0.3) is 11.1 Å². The summed E-state index contributed by atoms with van der Waals surface area (Å²) in [4.78, 5) is 60.7. The summed E-state index contributed by atoms with van der Waals surface area (Å²) < 4.78 is 16.0. The van der Waals surface area contributed by atoms with Crippen molar-refractivity contribution in [3.63, 3.8) is 0 Å². The second kappa shape index (κ2) is 11.7. The van der Waals surface area contributed by atoms with Crippen molar-refractivity contribution in [3.05, 3.63) is 119 Å². The third kappa shape index (κ3) is 5.30.